The van der Waals surface area contributed by atoms with Gasteiger partial charge in [0.15, 0.2) is 5.13 Å². The number of nitrogens with one attached hydrogen (secondary N) is 1. The van der Waals surface area contributed by atoms with Crippen LogP contribution in [0.3, 0.4) is 0 Å². The Hall–Kier alpha value is -3.54. The van der Waals surface area contributed by atoms with E-state index in [1.165, 1.54) is 25.5 Å². The van der Waals surface area contributed by atoms with Crippen molar-refractivity contribution in [2.45, 2.75) is 33.0 Å². The van der Waals surface area contributed by atoms with Gasteiger partial charge in [-0.05, 0) is 45.0 Å². The van der Waals surface area contributed by atoms with E-state index in [0.717, 1.165) is 29.5 Å². The number of anilines is 1. The van der Waals surface area contributed by atoms with E-state index < -0.39 is 47.1 Å². The van der Waals surface area contributed by atoms with Gasteiger partial charge in [-0.3, -0.25) is 10.1 Å². The van der Waals surface area contributed by atoms with Crippen LogP contribution in [0.5, 0.6) is 0 Å². The summed E-state index contributed by atoms with van der Waals surface area (Å²) in [6.45, 7) is 5.24. The predicted octanol–water partition coefficient (Wildman–Crippen LogP) is 6.08. The Kier molecular flexibility index (Phi) is 9.19. The number of halogens is 3. The molecule has 196 valence electrons. The molecule has 11 heteroatoms. The smallest absolute Gasteiger partial charge is 0.331 e. The molecule has 3 rings (SSSR count). The summed E-state index contributed by atoms with van der Waals surface area (Å²) in [5.74, 6) is -4.92. The first-order chi connectivity index (χ1) is 17.6. The standard InChI is InChI=1S/C26H25F3N2O5S/c1-5-36-14(3)23(35-4)17-8-6-7-16(22(17)29)21-12-37-26(30-21)31-24(32)15-10-19(27)18(20(28)11-15)9-13(2)25(33)34/h6-12,14,23H,5H2,1-4H3,(H,33,34)(H,30,31,32)/b13-9+. The van der Waals surface area contributed by atoms with Gasteiger partial charge in [0.25, 0.3) is 5.91 Å². The van der Waals surface area contributed by atoms with E-state index in [1.807, 2.05) is 6.92 Å². The first-order valence-electron chi connectivity index (χ1n) is 11.2. The summed E-state index contributed by atoms with van der Waals surface area (Å²) in [7, 11) is 1.46. The molecule has 2 atom stereocenters. The fourth-order valence-corrected chi connectivity index (χ4v) is 4.35. The van der Waals surface area contributed by atoms with Gasteiger partial charge in [0.1, 0.15) is 23.6 Å². The normalized spacial score (nSPS) is 13.3. The number of benzene rings is 2. The second kappa shape index (κ2) is 12.1. The highest BCUT2D eigenvalue weighted by molar-refractivity contribution is 7.14. The van der Waals surface area contributed by atoms with E-state index in [0.29, 0.717) is 6.61 Å². The lowest BCUT2D eigenvalue weighted by Crippen LogP contribution is -2.22. The lowest BCUT2D eigenvalue weighted by Gasteiger charge is -2.23. The van der Waals surface area contributed by atoms with Gasteiger partial charge in [-0.15, -0.1) is 11.3 Å². The molecule has 7 nitrogen and oxygen atoms in total. The molecule has 2 aromatic carbocycles. The number of aromatic nitrogens is 1. The summed E-state index contributed by atoms with van der Waals surface area (Å²) >= 11 is 1.01. The number of hydrogen-bond acceptors (Lipinski definition) is 6. The van der Waals surface area contributed by atoms with Gasteiger partial charge in [0.2, 0.25) is 0 Å². The number of rotatable bonds is 10. The van der Waals surface area contributed by atoms with Gasteiger partial charge >= 0.3 is 5.97 Å². The van der Waals surface area contributed by atoms with Crippen molar-refractivity contribution in [1.29, 1.82) is 0 Å². The van der Waals surface area contributed by atoms with Crippen LogP contribution < -0.4 is 5.32 Å². The van der Waals surface area contributed by atoms with Crippen LogP contribution in [0.2, 0.25) is 0 Å². The number of amides is 1. The van der Waals surface area contributed by atoms with Crippen molar-refractivity contribution in [2.75, 3.05) is 19.0 Å². The number of carboxylic acids is 1. The van der Waals surface area contributed by atoms with Crippen molar-refractivity contribution in [3.8, 4) is 11.3 Å². The summed E-state index contributed by atoms with van der Waals surface area (Å²) in [5, 5.41) is 13.0. The summed E-state index contributed by atoms with van der Waals surface area (Å²) < 4.78 is 55.2. The second-order valence-corrected chi connectivity index (χ2v) is 8.86. The molecule has 37 heavy (non-hydrogen) atoms. The minimum absolute atomic E-state index is 0.0855. The zero-order valence-corrected chi connectivity index (χ0v) is 21.3. The first-order valence-corrected chi connectivity index (χ1v) is 12.1. The van der Waals surface area contributed by atoms with Crippen LogP contribution in [0.1, 0.15) is 48.4 Å². The Morgan fingerprint density at radius 1 is 1.22 bits per heavy atom. The molecule has 0 aliphatic rings. The van der Waals surface area contributed by atoms with Gasteiger partial charge in [0, 0.05) is 46.9 Å². The number of hydrogen-bond donors (Lipinski definition) is 2. The zero-order valence-electron chi connectivity index (χ0n) is 20.5. The van der Waals surface area contributed by atoms with Gasteiger partial charge < -0.3 is 14.6 Å². The van der Waals surface area contributed by atoms with Gasteiger partial charge in [-0.1, -0.05) is 12.1 Å². The highest BCUT2D eigenvalue weighted by atomic mass is 32.1. The minimum Gasteiger partial charge on any atom is -0.478 e. The average molecular weight is 535 g/mol. The molecule has 2 N–H and O–H groups in total. The summed E-state index contributed by atoms with van der Waals surface area (Å²) in [6, 6.07) is 6.37. The predicted molar refractivity (Wildman–Crippen MR) is 134 cm³/mol. The fourth-order valence-electron chi connectivity index (χ4n) is 3.64. The van der Waals surface area contributed by atoms with Crippen LogP contribution in [-0.2, 0) is 14.3 Å². The molecule has 1 aromatic heterocycles. The molecule has 0 radical (unpaired) electrons. The average Bonchev–Trinajstić information content (AvgIpc) is 3.30. The summed E-state index contributed by atoms with van der Waals surface area (Å²) in [4.78, 5) is 27.8. The van der Waals surface area contributed by atoms with E-state index in [4.69, 9.17) is 14.6 Å². The van der Waals surface area contributed by atoms with Crippen LogP contribution in [-0.4, -0.2) is 41.8 Å². The van der Waals surface area contributed by atoms with Crippen LogP contribution in [0.4, 0.5) is 18.3 Å². The van der Waals surface area contributed by atoms with Gasteiger partial charge in [-0.2, -0.15) is 0 Å². The second-order valence-electron chi connectivity index (χ2n) is 8.00. The van der Waals surface area contributed by atoms with E-state index in [1.54, 1.807) is 19.1 Å². The number of thiazole rings is 1. The van der Waals surface area contributed by atoms with E-state index in [9.17, 15) is 18.4 Å². The SMILES string of the molecule is CCOC(C)C(OC)c1cccc(-c2csc(NC(=O)c3cc(F)c(/C=C(\C)C(=O)O)c(F)c3)n2)c1F. The van der Waals surface area contributed by atoms with Crippen molar-refractivity contribution in [3.63, 3.8) is 0 Å². The molecule has 2 unspecified atom stereocenters. The van der Waals surface area contributed by atoms with Crippen molar-refractivity contribution in [1.82, 2.24) is 4.98 Å². The van der Waals surface area contributed by atoms with Crippen LogP contribution in [0.15, 0.2) is 41.3 Å². The molecular formula is C26H25F3N2O5S. The molecule has 0 bridgehead atoms. The van der Waals surface area contributed by atoms with Crippen LogP contribution in [0.25, 0.3) is 17.3 Å². The van der Waals surface area contributed by atoms with Crippen molar-refractivity contribution in [3.05, 3.63) is 75.4 Å². The maximum atomic E-state index is 15.4. The van der Waals surface area contributed by atoms with Gasteiger partial charge in [-0.25, -0.2) is 22.9 Å². The number of ether oxygens (including phenoxy) is 2. The number of carbonyl (C=O) groups excluding carboxylic acids is 1. The Bertz CT molecular complexity index is 1320. The van der Waals surface area contributed by atoms with E-state index in [-0.39, 0.29) is 33.1 Å². The number of methoxy groups -OCH3 is 1. The Balaban J connectivity index is 1.84. The third kappa shape index (κ3) is 6.43. The molecule has 1 heterocycles. The van der Waals surface area contributed by atoms with E-state index >= 15 is 4.39 Å². The third-order valence-corrected chi connectivity index (χ3v) is 6.24. The first kappa shape index (κ1) is 28.0. The fraction of sp³-hybridized carbons (Fsp3) is 0.269. The number of carbonyl (C=O) groups is 2. The Labute approximate surface area is 215 Å². The van der Waals surface area contributed by atoms with Crippen molar-refractivity contribution < 1.29 is 37.3 Å². The molecule has 0 aliphatic carbocycles. The zero-order chi connectivity index (χ0) is 27.3. The molecule has 1 amide bonds. The Morgan fingerprint density at radius 2 is 1.89 bits per heavy atom. The lowest BCUT2D eigenvalue weighted by molar-refractivity contribution is -0.132. The monoisotopic (exact) mass is 534 g/mol. The quantitative estimate of drug-likeness (QED) is 0.306. The Morgan fingerprint density at radius 3 is 2.49 bits per heavy atom. The number of carboxylic acid groups (broad SMARTS) is 1. The topological polar surface area (TPSA) is 97.8 Å². The van der Waals surface area contributed by atoms with Crippen molar-refractivity contribution >= 4 is 34.4 Å². The third-order valence-electron chi connectivity index (χ3n) is 5.48. The minimum atomic E-state index is -1.33. The van der Waals surface area contributed by atoms with Gasteiger partial charge in [0.05, 0.1) is 11.8 Å². The van der Waals surface area contributed by atoms with Crippen LogP contribution in [0, 0.1) is 17.5 Å². The molecule has 3 aromatic rings. The molecular weight excluding hydrogens is 509 g/mol. The highest BCUT2D eigenvalue weighted by Crippen LogP contribution is 2.33. The molecule has 0 spiro atoms. The molecule has 0 saturated carbocycles. The maximum absolute atomic E-state index is 15.4. The highest BCUT2D eigenvalue weighted by Gasteiger charge is 2.25. The van der Waals surface area contributed by atoms with Crippen molar-refractivity contribution in [2.24, 2.45) is 0 Å². The largest absolute Gasteiger partial charge is 0.478 e. The number of aliphatic carboxylic acids is 1. The van der Waals surface area contributed by atoms with Crippen LogP contribution >= 0.6 is 11.3 Å². The molecule has 0 aliphatic heterocycles. The lowest BCUT2D eigenvalue weighted by atomic mass is 10.00. The summed E-state index contributed by atoms with van der Waals surface area (Å²) in [5.41, 5.74) is -0.458. The number of nitrogens with zero attached hydrogens (tertiary/aromatic N) is 1. The van der Waals surface area contributed by atoms with E-state index in [2.05, 4.69) is 10.3 Å². The maximum Gasteiger partial charge on any atom is 0.331 e. The molecule has 0 fully saturated rings. The molecule has 0 saturated heterocycles. The summed E-state index contributed by atoms with van der Waals surface area (Å²) in [6.07, 6.45) is -0.214.